The number of aromatic nitrogens is 4. The van der Waals surface area contributed by atoms with Crippen LogP contribution in [0.5, 0.6) is 0 Å². The zero-order valence-corrected chi connectivity index (χ0v) is 47.9. The number of unbranched alkanes of at least 4 members (excludes halogenated alkanes) is 11. The van der Waals surface area contributed by atoms with E-state index in [9.17, 15) is 9.59 Å². The monoisotopic (exact) mass is 1080 g/mol. The van der Waals surface area contributed by atoms with Gasteiger partial charge in [-0.1, -0.05) is 96.3 Å². The Morgan fingerprint density at radius 2 is 0.877 bits per heavy atom. The van der Waals surface area contributed by atoms with E-state index in [1.54, 1.807) is 46.5 Å². The van der Waals surface area contributed by atoms with Crippen LogP contribution in [-0.4, -0.2) is 45.3 Å². The molecule has 6 rings (SSSR count). The molecule has 0 unspecified atom stereocenters. The minimum Gasteiger partial charge on any atom is -0.444 e. The van der Waals surface area contributed by atoms with Crippen LogP contribution in [0.2, 0.25) is 0 Å². The summed E-state index contributed by atoms with van der Waals surface area (Å²) in [6, 6.07) is 30.4. The molecule has 6 aromatic rings. The highest BCUT2D eigenvalue weighted by molar-refractivity contribution is 5.73. The lowest BCUT2D eigenvalue weighted by molar-refractivity contribution is -0.144. The molecular formula is C67H76N10O4. The zero-order chi connectivity index (χ0) is 58.2. The molecule has 0 saturated heterocycles. The predicted octanol–water partition coefficient (Wildman–Crippen LogP) is 15.9. The van der Waals surface area contributed by atoms with E-state index in [4.69, 9.17) is 42.8 Å². The highest BCUT2D eigenvalue weighted by Crippen LogP contribution is 2.31. The number of rotatable bonds is 29. The smallest absolute Gasteiger partial charge is 0.307 e. The summed E-state index contributed by atoms with van der Waals surface area (Å²) in [5.74, 6) is 6.72. The Bertz CT molecular complexity index is 3170. The minimum atomic E-state index is -0.252. The van der Waals surface area contributed by atoms with Gasteiger partial charge in [0.15, 0.2) is 13.5 Å². The van der Waals surface area contributed by atoms with Crippen LogP contribution in [0.25, 0.3) is 12.2 Å². The molecule has 0 bridgehead atoms. The van der Waals surface area contributed by atoms with Crippen molar-refractivity contribution in [2.75, 3.05) is 33.9 Å². The van der Waals surface area contributed by atoms with Crippen LogP contribution in [0.4, 0.5) is 46.3 Å². The highest BCUT2D eigenvalue weighted by Gasteiger charge is 2.19. The van der Waals surface area contributed by atoms with Gasteiger partial charge in [-0.25, -0.2) is 9.97 Å². The average Bonchev–Trinajstić information content (AvgIpc) is 3.54. The first kappa shape index (κ1) is 62.6. The number of hydrogen-bond donors (Lipinski definition) is 2. The molecule has 0 amide bonds. The number of benzene rings is 4. The van der Waals surface area contributed by atoms with E-state index < -0.39 is 0 Å². The van der Waals surface area contributed by atoms with E-state index in [0.29, 0.717) is 36.4 Å². The summed E-state index contributed by atoms with van der Waals surface area (Å²) in [5, 5.41) is 24.5. The van der Waals surface area contributed by atoms with Gasteiger partial charge >= 0.3 is 11.9 Å². The van der Waals surface area contributed by atoms with Gasteiger partial charge in [0.1, 0.15) is 11.6 Å². The molecule has 0 aliphatic carbocycles. The van der Waals surface area contributed by atoms with Gasteiger partial charge in [0.05, 0.1) is 12.1 Å². The Balaban J connectivity index is 0.000000300. The Labute approximate surface area is 480 Å². The van der Waals surface area contributed by atoms with Crippen molar-refractivity contribution >= 4 is 70.4 Å². The van der Waals surface area contributed by atoms with Gasteiger partial charge in [-0.05, 0) is 171 Å². The van der Waals surface area contributed by atoms with Crippen molar-refractivity contribution in [2.45, 2.75) is 138 Å². The Morgan fingerprint density at radius 3 is 1.22 bits per heavy atom. The lowest BCUT2D eigenvalue weighted by Crippen LogP contribution is -2.25. The Kier molecular flexibility index (Phi) is 26.7. The van der Waals surface area contributed by atoms with Crippen molar-refractivity contribution in [3.8, 4) is 36.8 Å². The van der Waals surface area contributed by atoms with Crippen molar-refractivity contribution in [1.29, 1.82) is 10.5 Å². The number of esters is 2. The van der Waals surface area contributed by atoms with Crippen molar-refractivity contribution in [3.05, 3.63) is 154 Å². The maximum absolute atomic E-state index is 12.6. The predicted molar refractivity (Wildman–Crippen MR) is 327 cm³/mol. The first-order valence-electron chi connectivity index (χ1n) is 27.9. The number of aryl methyl sites for hydroxylation is 4. The second-order valence-electron chi connectivity index (χ2n) is 19.6. The van der Waals surface area contributed by atoms with Crippen LogP contribution >= 0.6 is 0 Å². The molecule has 418 valence electrons. The lowest BCUT2D eigenvalue weighted by Gasteiger charge is -2.23. The molecule has 2 heterocycles. The number of nitrogens with one attached hydrogen (secondary N) is 2. The summed E-state index contributed by atoms with van der Waals surface area (Å²) < 4.78 is 11.3. The minimum absolute atomic E-state index is 0.0207. The van der Waals surface area contributed by atoms with Crippen molar-refractivity contribution in [1.82, 2.24) is 19.9 Å². The number of allylic oxidation sites excluding steroid dienone is 2. The standard InChI is InChI=1S/C36H43N5O2.C31H33N5O2/c1-5-7-8-9-10-11-12-13-14-17-34(42)43-27-41(32-20-18-30(6-2)19-21-32)36-38-24-22-33(40-36)39-35-28(3)25-31(16-15-23-37)26-29(35)4;1-5-7-8-9-12-29(37)38-22-36(27-15-13-25(6-2)14-16-27)31-33-19-17-28(35-31)34-30-23(3)20-26(11-10-18-32)21-24(30)4/h2,15-16,18-22,24-26H,5,7-14,17,27H2,1,3-4H3,(H,38,39,40);2,10-11,13-17,19-21H,5,7-9,12,22H2,1,3-4H3,(H,33,34,35)/b16-15+;11-10+. The first-order chi connectivity index (χ1) is 39.4. The van der Waals surface area contributed by atoms with Gasteiger partial charge in [0.25, 0.3) is 0 Å². The lowest BCUT2D eigenvalue weighted by atomic mass is 10.0. The third-order valence-electron chi connectivity index (χ3n) is 13.2. The summed E-state index contributed by atoms with van der Waals surface area (Å²) in [7, 11) is 0. The number of ether oxygens (including phenoxy) is 2. The van der Waals surface area contributed by atoms with Crippen LogP contribution in [0.1, 0.15) is 155 Å². The normalized spacial score (nSPS) is 10.6. The van der Waals surface area contributed by atoms with Crippen LogP contribution in [0.15, 0.2) is 109 Å². The quantitative estimate of drug-likeness (QED) is 0.0149. The van der Waals surface area contributed by atoms with Gasteiger partial charge in [0, 0.05) is 71.3 Å². The molecule has 4 aromatic carbocycles. The summed E-state index contributed by atoms with van der Waals surface area (Å²) in [4.78, 5) is 47.0. The number of hydrogen-bond acceptors (Lipinski definition) is 14. The van der Waals surface area contributed by atoms with E-state index in [-0.39, 0.29) is 25.4 Å². The van der Waals surface area contributed by atoms with E-state index >= 15 is 0 Å². The number of nitrogens with zero attached hydrogens (tertiary/aromatic N) is 8. The molecule has 0 saturated carbocycles. The summed E-state index contributed by atoms with van der Waals surface area (Å²) in [6.45, 7) is 12.3. The van der Waals surface area contributed by atoms with E-state index in [1.165, 1.54) is 50.7 Å². The number of anilines is 8. The fraction of sp³-hybridized carbons (Fsp3) is 0.343. The third kappa shape index (κ3) is 21.2. The molecule has 0 aliphatic rings. The van der Waals surface area contributed by atoms with E-state index in [1.807, 2.05) is 113 Å². The molecule has 2 N–H and O–H groups in total. The average molecular weight is 1090 g/mol. The summed E-state index contributed by atoms with van der Waals surface area (Å²) >= 11 is 0. The molecule has 0 fully saturated rings. The molecule has 2 aromatic heterocycles. The highest BCUT2D eigenvalue weighted by atomic mass is 16.5. The van der Waals surface area contributed by atoms with Crippen molar-refractivity contribution in [3.63, 3.8) is 0 Å². The molecular weight excluding hydrogens is 1010 g/mol. The Morgan fingerprint density at radius 1 is 0.531 bits per heavy atom. The maximum Gasteiger partial charge on any atom is 0.307 e. The number of carbonyl (C=O) groups is 2. The second kappa shape index (κ2) is 34.6. The molecule has 81 heavy (non-hydrogen) atoms. The van der Waals surface area contributed by atoms with Gasteiger partial charge < -0.3 is 20.1 Å². The number of terminal acetylenes is 2. The third-order valence-corrected chi connectivity index (χ3v) is 13.2. The maximum atomic E-state index is 12.6. The molecule has 0 atom stereocenters. The summed E-state index contributed by atoms with van der Waals surface area (Å²) in [6.07, 6.45) is 36.4. The van der Waals surface area contributed by atoms with Crippen molar-refractivity contribution < 1.29 is 19.1 Å². The van der Waals surface area contributed by atoms with E-state index in [2.05, 4.69) is 46.3 Å². The van der Waals surface area contributed by atoms with Gasteiger partial charge in [-0.15, -0.1) is 12.8 Å². The topological polar surface area (TPSA) is 182 Å². The van der Waals surface area contributed by atoms with Gasteiger partial charge in [0.2, 0.25) is 11.9 Å². The number of carbonyl (C=O) groups excluding carboxylic acids is 2. The fourth-order valence-electron chi connectivity index (χ4n) is 8.86. The molecule has 0 spiro atoms. The van der Waals surface area contributed by atoms with Crippen LogP contribution in [-0.2, 0) is 19.1 Å². The van der Waals surface area contributed by atoms with Crippen molar-refractivity contribution in [2.24, 2.45) is 0 Å². The second-order valence-corrected chi connectivity index (χ2v) is 19.6. The fourth-order valence-corrected chi connectivity index (χ4v) is 8.86. The zero-order valence-electron chi connectivity index (χ0n) is 47.9. The number of nitriles is 2. The largest absolute Gasteiger partial charge is 0.444 e. The first-order valence-corrected chi connectivity index (χ1v) is 27.9. The van der Waals surface area contributed by atoms with Crippen LogP contribution < -0.4 is 20.4 Å². The van der Waals surface area contributed by atoms with Crippen LogP contribution in [0.3, 0.4) is 0 Å². The SMILES string of the molecule is C#Cc1ccc(N(COC(=O)CCCCCC)c2nccc(Nc3c(C)cc(/C=C/C#N)cc3C)n2)cc1.C#Cc1ccc(N(COC(=O)CCCCCCCCCCC)c2nccc(Nc3c(C)cc(/C=C/C#N)cc3C)n2)cc1. The van der Waals surface area contributed by atoms with E-state index in [0.717, 1.165) is 112 Å². The van der Waals surface area contributed by atoms with Gasteiger partial charge in [-0.2, -0.15) is 20.5 Å². The Hall–Kier alpha value is -9.24. The van der Waals surface area contributed by atoms with Gasteiger partial charge in [-0.3, -0.25) is 19.4 Å². The molecule has 0 radical (unpaired) electrons. The summed E-state index contributed by atoms with van der Waals surface area (Å²) in [5.41, 5.74) is 10.8. The van der Waals surface area contributed by atoms with Crippen LogP contribution in [0, 0.1) is 75.0 Å². The molecule has 0 aliphatic heterocycles. The molecule has 14 heteroatoms. The molecule has 14 nitrogen and oxygen atoms in total.